The summed E-state index contributed by atoms with van der Waals surface area (Å²) in [6, 6.07) is 4.27. The Morgan fingerprint density at radius 2 is 2.38 bits per heavy atom. The molecule has 0 aliphatic carbocycles. The van der Waals surface area contributed by atoms with Gasteiger partial charge in [0.05, 0.1) is 12.8 Å². The zero-order chi connectivity index (χ0) is 11.5. The lowest BCUT2D eigenvalue weighted by Crippen LogP contribution is -2.26. The number of hydrogen-bond acceptors (Lipinski definition) is 4. The highest BCUT2D eigenvalue weighted by atomic mass is 16.5. The lowest BCUT2D eigenvalue weighted by Gasteiger charge is -2.15. The number of pyridine rings is 1. The van der Waals surface area contributed by atoms with E-state index in [9.17, 15) is 0 Å². The summed E-state index contributed by atoms with van der Waals surface area (Å²) in [4.78, 5) is 6.85. The fraction of sp³-hybridized carbons (Fsp3) is 0.583. The van der Waals surface area contributed by atoms with Crippen LogP contribution in [0.5, 0.6) is 5.75 Å². The molecule has 0 aromatic carbocycles. The maximum Gasteiger partial charge on any atom is 0.122 e. The third-order valence-corrected chi connectivity index (χ3v) is 2.91. The largest absolute Gasteiger partial charge is 0.497 e. The topological polar surface area (TPSA) is 51.4 Å². The van der Waals surface area contributed by atoms with Crippen molar-refractivity contribution in [3.63, 3.8) is 0 Å². The summed E-state index contributed by atoms with van der Waals surface area (Å²) in [7, 11) is 1.68. The number of hydrogen-bond donors (Lipinski definition) is 1. The van der Waals surface area contributed by atoms with Crippen molar-refractivity contribution in [1.82, 2.24) is 9.88 Å². The van der Waals surface area contributed by atoms with Crippen molar-refractivity contribution in [3.05, 3.63) is 23.5 Å². The molecule has 4 heteroatoms. The van der Waals surface area contributed by atoms with E-state index >= 15 is 0 Å². The molecule has 2 heterocycles. The van der Waals surface area contributed by atoms with Crippen LogP contribution in [0, 0.1) is 6.92 Å². The van der Waals surface area contributed by atoms with E-state index in [0.29, 0.717) is 6.04 Å². The standard InChI is InChI=1S/C12H19N3O/c1-9-5-12(16-2)6-11(14-9)8-15-4-3-10(13)7-15/h5-6,10H,3-4,7-8,13H2,1-2H3/t10-/m1/s1. The first-order valence-corrected chi connectivity index (χ1v) is 5.67. The first-order chi connectivity index (χ1) is 7.67. The van der Waals surface area contributed by atoms with E-state index < -0.39 is 0 Å². The van der Waals surface area contributed by atoms with Crippen LogP contribution in [0.3, 0.4) is 0 Å². The minimum absolute atomic E-state index is 0.326. The number of nitrogens with two attached hydrogens (primary N) is 1. The van der Waals surface area contributed by atoms with E-state index in [4.69, 9.17) is 10.5 Å². The molecule has 4 nitrogen and oxygen atoms in total. The first-order valence-electron chi connectivity index (χ1n) is 5.67. The van der Waals surface area contributed by atoms with Gasteiger partial charge >= 0.3 is 0 Å². The summed E-state index contributed by atoms with van der Waals surface area (Å²) in [5.74, 6) is 0.881. The minimum Gasteiger partial charge on any atom is -0.497 e. The van der Waals surface area contributed by atoms with Crippen LogP contribution in [0.25, 0.3) is 0 Å². The highest BCUT2D eigenvalue weighted by Crippen LogP contribution is 2.16. The van der Waals surface area contributed by atoms with Gasteiger partial charge in [0.25, 0.3) is 0 Å². The van der Waals surface area contributed by atoms with E-state index in [1.54, 1.807) is 7.11 Å². The van der Waals surface area contributed by atoms with Crippen molar-refractivity contribution >= 4 is 0 Å². The molecule has 1 aromatic rings. The molecule has 16 heavy (non-hydrogen) atoms. The molecule has 2 rings (SSSR count). The van der Waals surface area contributed by atoms with Crippen LogP contribution in [-0.2, 0) is 6.54 Å². The second-order valence-electron chi connectivity index (χ2n) is 4.42. The summed E-state index contributed by atoms with van der Waals surface area (Å²) in [5.41, 5.74) is 7.94. The molecule has 0 saturated carbocycles. The molecule has 0 amide bonds. The normalized spacial score (nSPS) is 21.3. The van der Waals surface area contributed by atoms with Gasteiger partial charge in [0, 0.05) is 43.5 Å². The van der Waals surface area contributed by atoms with Gasteiger partial charge in [0.1, 0.15) is 5.75 Å². The number of aryl methyl sites for hydroxylation is 1. The Balaban J connectivity index is 2.06. The molecule has 88 valence electrons. The Labute approximate surface area is 96.4 Å². The van der Waals surface area contributed by atoms with E-state index in [-0.39, 0.29) is 0 Å². The van der Waals surface area contributed by atoms with Gasteiger partial charge in [-0.2, -0.15) is 0 Å². The Morgan fingerprint density at radius 3 is 3.00 bits per heavy atom. The number of methoxy groups -OCH3 is 1. The first kappa shape index (κ1) is 11.4. The van der Waals surface area contributed by atoms with Crippen molar-refractivity contribution < 1.29 is 4.74 Å². The van der Waals surface area contributed by atoms with Crippen molar-refractivity contribution in [3.8, 4) is 5.75 Å². The van der Waals surface area contributed by atoms with Gasteiger partial charge in [-0.1, -0.05) is 0 Å². The van der Waals surface area contributed by atoms with Crippen LogP contribution >= 0.6 is 0 Å². The maximum atomic E-state index is 5.88. The van der Waals surface area contributed by atoms with Crippen LogP contribution in [-0.4, -0.2) is 36.1 Å². The SMILES string of the molecule is COc1cc(C)nc(CN2CC[C@@H](N)C2)c1. The van der Waals surface area contributed by atoms with Gasteiger partial charge in [0.2, 0.25) is 0 Å². The molecule has 0 bridgehead atoms. The highest BCUT2D eigenvalue weighted by Gasteiger charge is 2.19. The molecule has 2 N–H and O–H groups in total. The summed E-state index contributed by atoms with van der Waals surface area (Å²) in [6.07, 6.45) is 1.09. The van der Waals surface area contributed by atoms with E-state index in [0.717, 1.165) is 43.2 Å². The average Bonchev–Trinajstić information content (AvgIpc) is 2.63. The molecule has 1 aromatic heterocycles. The predicted molar refractivity (Wildman–Crippen MR) is 63.4 cm³/mol. The van der Waals surface area contributed by atoms with Crippen LogP contribution in [0.2, 0.25) is 0 Å². The number of aromatic nitrogens is 1. The molecular weight excluding hydrogens is 202 g/mol. The fourth-order valence-corrected chi connectivity index (χ4v) is 2.14. The van der Waals surface area contributed by atoms with Crippen LogP contribution in [0.1, 0.15) is 17.8 Å². The summed E-state index contributed by atoms with van der Waals surface area (Å²) >= 11 is 0. The van der Waals surface area contributed by atoms with E-state index in [2.05, 4.69) is 9.88 Å². The van der Waals surface area contributed by atoms with Crippen LogP contribution < -0.4 is 10.5 Å². The van der Waals surface area contributed by atoms with Crippen molar-refractivity contribution in [2.75, 3.05) is 20.2 Å². The Kier molecular flexibility index (Phi) is 3.41. The van der Waals surface area contributed by atoms with Crippen molar-refractivity contribution in [2.24, 2.45) is 5.73 Å². The van der Waals surface area contributed by atoms with Gasteiger partial charge in [-0.25, -0.2) is 0 Å². The number of nitrogens with zero attached hydrogens (tertiary/aromatic N) is 2. The number of rotatable bonds is 3. The average molecular weight is 221 g/mol. The number of ether oxygens (including phenoxy) is 1. The van der Waals surface area contributed by atoms with Crippen LogP contribution in [0.4, 0.5) is 0 Å². The molecular formula is C12H19N3O. The number of likely N-dealkylation sites (tertiary alicyclic amines) is 1. The summed E-state index contributed by atoms with van der Waals surface area (Å²) in [6.45, 7) is 4.89. The molecule has 1 aliphatic heterocycles. The molecule has 0 unspecified atom stereocenters. The van der Waals surface area contributed by atoms with E-state index in [1.165, 1.54) is 0 Å². The van der Waals surface area contributed by atoms with Gasteiger partial charge in [-0.15, -0.1) is 0 Å². The molecule has 1 aliphatic rings. The molecule has 1 atom stereocenters. The van der Waals surface area contributed by atoms with Gasteiger partial charge in [-0.05, 0) is 13.3 Å². The molecule has 0 radical (unpaired) electrons. The Bertz CT molecular complexity index is 367. The minimum atomic E-state index is 0.326. The second kappa shape index (κ2) is 4.80. The zero-order valence-electron chi connectivity index (χ0n) is 9.94. The van der Waals surface area contributed by atoms with E-state index in [1.807, 2.05) is 19.1 Å². The quantitative estimate of drug-likeness (QED) is 0.825. The second-order valence-corrected chi connectivity index (χ2v) is 4.42. The lowest BCUT2D eigenvalue weighted by molar-refractivity contribution is 0.321. The van der Waals surface area contributed by atoms with Gasteiger partial charge < -0.3 is 10.5 Å². The Hall–Kier alpha value is -1.13. The summed E-state index contributed by atoms with van der Waals surface area (Å²) < 4.78 is 5.24. The third kappa shape index (κ3) is 2.71. The molecule has 1 fully saturated rings. The monoisotopic (exact) mass is 221 g/mol. The maximum absolute atomic E-state index is 5.88. The van der Waals surface area contributed by atoms with Crippen molar-refractivity contribution in [1.29, 1.82) is 0 Å². The highest BCUT2D eigenvalue weighted by molar-refractivity contribution is 5.26. The third-order valence-electron chi connectivity index (χ3n) is 2.91. The zero-order valence-corrected chi connectivity index (χ0v) is 9.94. The van der Waals surface area contributed by atoms with Crippen molar-refractivity contribution in [2.45, 2.75) is 25.9 Å². The summed E-state index contributed by atoms with van der Waals surface area (Å²) in [5, 5.41) is 0. The van der Waals surface area contributed by atoms with Gasteiger partial charge in [-0.3, -0.25) is 9.88 Å². The molecule has 0 spiro atoms. The van der Waals surface area contributed by atoms with Gasteiger partial charge in [0.15, 0.2) is 0 Å². The smallest absolute Gasteiger partial charge is 0.122 e. The van der Waals surface area contributed by atoms with Crippen LogP contribution in [0.15, 0.2) is 12.1 Å². The predicted octanol–water partition coefficient (Wildman–Crippen LogP) is 0.932. The Morgan fingerprint density at radius 1 is 1.56 bits per heavy atom. The lowest BCUT2D eigenvalue weighted by atomic mass is 10.3. The fourth-order valence-electron chi connectivity index (χ4n) is 2.14. The molecule has 1 saturated heterocycles.